The lowest BCUT2D eigenvalue weighted by Crippen LogP contribution is -2.60. The number of rotatable bonds is 8. The quantitative estimate of drug-likeness (QED) is 0.268. The molecule has 0 aromatic carbocycles. The Morgan fingerprint density at radius 2 is 1.79 bits per heavy atom. The van der Waals surface area contributed by atoms with E-state index in [2.05, 4.69) is 24.0 Å². The van der Waals surface area contributed by atoms with Gasteiger partial charge in [0.15, 0.2) is 18.5 Å². The fraction of sp³-hybridized carbons (Fsp3) is 0.696. The van der Waals surface area contributed by atoms with Crippen molar-refractivity contribution in [2.75, 3.05) is 40.4 Å². The van der Waals surface area contributed by atoms with Crippen molar-refractivity contribution in [2.45, 2.75) is 141 Å². The van der Waals surface area contributed by atoms with Crippen LogP contribution < -0.4 is 0 Å². The first-order valence-electron chi connectivity index (χ1n) is 22.2. The SMILES string of the molecule is CC[C@H]1OC(=O)[C@H](C)[C@H]2OC/C(=N\OCc3cccc(-c4ccccn4)n3)CO[C@](C)(C[C@@H](C)C3=NCCN4C(=O)O[C@@]1(C)[C@H]4[C@H]3C)[C@H](O[C@H]1O[C@@H](C)C[C@@H](N(C)C)[C@@H]1O)[C@H]2C. The highest BCUT2D eigenvalue weighted by atomic mass is 16.7. The summed E-state index contributed by atoms with van der Waals surface area (Å²) < 4.78 is 39.9. The first kappa shape index (κ1) is 45.9. The van der Waals surface area contributed by atoms with Crippen molar-refractivity contribution in [1.29, 1.82) is 0 Å². The number of aliphatic hydroxyl groups excluding tert-OH is 1. The van der Waals surface area contributed by atoms with Gasteiger partial charge >= 0.3 is 12.1 Å². The molecule has 62 heavy (non-hydrogen) atoms. The Labute approximate surface area is 365 Å². The number of aliphatic hydroxyl groups is 1. The molecule has 0 aliphatic carbocycles. The summed E-state index contributed by atoms with van der Waals surface area (Å²) in [6, 6.07) is 10.7. The third-order valence-electron chi connectivity index (χ3n) is 13.7. The zero-order valence-corrected chi connectivity index (χ0v) is 37.9. The van der Waals surface area contributed by atoms with E-state index in [0.29, 0.717) is 49.5 Å². The third-order valence-corrected chi connectivity index (χ3v) is 13.7. The summed E-state index contributed by atoms with van der Waals surface area (Å²) in [7, 11) is 3.87. The molecule has 4 bridgehead atoms. The number of carbonyl (C=O) groups is 2. The Balaban J connectivity index is 1.28. The molecule has 2 aromatic heterocycles. The molecule has 0 spiro atoms. The fourth-order valence-electron chi connectivity index (χ4n) is 10.6. The molecule has 340 valence electrons. The molecule has 7 heterocycles. The number of cyclic esters (lactones) is 1. The number of esters is 1. The first-order chi connectivity index (χ1) is 29.5. The van der Waals surface area contributed by atoms with Crippen LogP contribution in [0.2, 0.25) is 0 Å². The Morgan fingerprint density at radius 1 is 1.02 bits per heavy atom. The van der Waals surface area contributed by atoms with E-state index in [0.717, 1.165) is 11.4 Å². The number of aliphatic imine (C=N–C) groups is 1. The third kappa shape index (κ3) is 9.27. The minimum Gasteiger partial charge on any atom is -0.458 e. The molecule has 14 atom stereocenters. The second-order valence-electron chi connectivity index (χ2n) is 18.5. The number of hydrogen-bond donors (Lipinski definition) is 1. The fourth-order valence-corrected chi connectivity index (χ4v) is 10.6. The Kier molecular flexibility index (Phi) is 14.1. The second kappa shape index (κ2) is 19.0. The number of likely N-dealkylation sites (N-methyl/N-ethyl adjacent to an activating group) is 1. The number of hydrogen-bond acceptors (Lipinski definition) is 15. The van der Waals surface area contributed by atoms with Crippen molar-refractivity contribution in [3.8, 4) is 11.4 Å². The van der Waals surface area contributed by atoms with Crippen molar-refractivity contribution < 1.29 is 48.0 Å². The van der Waals surface area contributed by atoms with Crippen LogP contribution in [-0.2, 0) is 44.7 Å². The van der Waals surface area contributed by atoms with Crippen LogP contribution in [0.3, 0.4) is 0 Å². The number of carbonyl (C=O) groups excluding carboxylic acids is 2. The average Bonchev–Trinajstić information content (AvgIpc) is 3.39. The van der Waals surface area contributed by atoms with E-state index in [4.69, 9.17) is 43.2 Å². The van der Waals surface area contributed by atoms with E-state index in [9.17, 15) is 14.7 Å². The molecule has 5 aliphatic heterocycles. The molecule has 0 saturated carbocycles. The van der Waals surface area contributed by atoms with Gasteiger partial charge in [-0.25, -0.2) is 9.78 Å². The molecule has 1 amide bonds. The van der Waals surface area contributed by atoms with Crippen LogP contribution in [0.4, 0.5) is 4.79 Å². The van der Waals surface area contributed by atoms with Gasteiger partial charge in [0, 0.05) is 36.3 Å². The molecule has 0 unspecified atom stereocenters. The summed E-state index contributed by atoms with van der Waals surface area (Å²) in [5.41, 5.74) is 1.23. The van der Waals surface area contributed by atoms with Crippen LogP contribution in [-0.4, -0.2) is 149 Å². The number of fused-ring (bicyclic) bond motifs is 4. The summed E-state index contributed by atoms with van der Waals surface area (Å²) in [4.78, 5) is 52.2. The van der Waals surface area contributed by atoms with Crippen molar-refractivity contribution in [2.24, 2.45) is 33.8 Å². The van der Waals surface area contributed by atoms with Crippen molar-refractivity contribution >= 4 is 23.5 Å². The van der Waals surface area contributed by atoms with Gasteiger partial charge in [0.2, 0.25) is 0 Å². The van der Waals surface area contributed by atoms with Crippen LogP contribution in [0.1, 0.15) is 80.3 Å². The maximum absolute atomic E-state index is 14.6. The lowest BCUT2D eigenvalue weighted by molar-refractivity contribution is -0.302. The maximum Gasteiger partial charge on any atom is 0.410 e. The van der Waals surface area contributed by atoms with Crippen LogP contribution >= 0.6 is 0 Å². The highest BCUT2D eigenvalue weighted by Gasteiger charge is 2.60. The predicted molar refractivity (Wildman–Crippen MR) is 230 cm³/mol. The number of ether oxygens (including phenoxy) is 6. The molecule has 16 heteroatoms. The molecule has 4 fully saturated rings. The standard InChI is InChI=1S/C46H66N6O10/c1-11-36-46(8)40-28(4)37(48-19-20-52(40)44(55)62-46)26(2)22-45(7)41(61-43-38(53)35(51(9)10)21-27(3)59-43)29(5)39(30(6)42(54)60-36)56-23-32(24-57-45)50-58-25-31-15-14-17-34(49-31)33-16-12-13-18-47-33/h12-18,26-30,35-36,38-41,43,53H,11,19-25H2,1-10H3/b50-32+/t26-,27+,28+,29+,30-,35-,36-,38+,39+,40-,41-,43-,45-,46-/m1/s1. The van der Waals surface area contributed by atoms with Gasteiger partial charge in [-0.05, 0) is 91.2 Å². The Bertz CT molecular complexity index is 1950. The molecule has 7 rings (SSSR count). The van der Waals surface area contributed by atoms with Gasteiger partial charge in [0.05, 0.1) is 72.7 Å². The largest absolute Gasteiger partial charge is 0.458 e. The van der Waals surface area contributed by atoms with Gasteiger partial charge in [0.1, 0.15) is 17.9 Å². The zero-order valence-electron chi connectivity index (χ0n) is 37.9. The molecule has 1 N–H and O–H groups in total. The van der Waals surface area contributed by atoms with Gasteiger partial charge in [0.25, 0.3) is 0 Å². The highest BCUT2D eigenvalue weighted by Crippen LogP contribution is 2.45. The summed E-state index contributed by atoms with van der Waals surface area (Å²) in [5, 5.41) is 16.4. The van der Waals surface area contributed by atoms with Crippen molar-refractivity contribution in [1.82, 2.24) is 19.8 Å². The van der Waals surface area contributed by atoms with Crippen LogP contribution in [0.15, 0.2) is 52.7 Å². The van der Waals surface area contributed by atoms with Crippen LogP contribution in [0, 0.1) is 23.7 Å². The molecular formula is C46H66N6O10. The molecule has 2 aromatic rings. The minimum absolute atomic E-state index is 0.00427. The van der Waals surface area contributed by atoms with Crippen molar-refractivity contribution in [3.63, 3.8) is 0 Å². The van der Waals surface area contributed by atoms with Crippen molar-refractivity contribution in [3.05, 3.63) is 48.3 Å². The number of pyridine rings is 2. The van der Waals surface area contributed by atoms with Crippen LogP contribution in [0.5, 0.6) is 0 Å². The number of aromatic nitrogens is 2. The number of amides is 1. The summed E-state index contributed by atoms with van der Waals surface area (Å²) in [6.45, 7) is 16.6. The second-order valence-corrected chi connectivity index (χ2v) is 18.5. The van der Waals surface area contributed by atoms with Gasteiger partial charge in [-0.3, -0.25) is 19.7 Å². The molecular weight excluding hydrogens is 797 g/mol. The lowest BCUT2D eigenvalue weighted by Gasteiger charge is -2.48. The van der Waals surface area contributed by atoms with Crippen LogP contribution in [0.25, 0.3) is 11.4 Å². The van der Waals surface area contributed by atoms with E-state index in [1.165, 1.54) is 0 Å². The minimum atomic E-state index is -1.14. The highest BCUT2D eigenvalue weighted by molar-refractivity contribution is 5.91. The summed E-state index contributed by atoms with van der Waals surface area (Å²) >= 11 is 0. The molecule has 5 aliphatic rings. The Morgan fingerprint density at radius 3 is 2.52 bits per heavy atom. The summed E-state index contributed by atoms with van der Waals surface area (Å²) in [6.07, 6.45) is -1.81. The van der Waals surface area contributed by atoms with E-state index in [1.807, 2.05) is 90.0 Å². The number of oxime groups is 1. The van der Waals surface area contributed by atoms with Gasteiger partial charge in [-0.1, -0.05) is 45.0 Å². The maximum atomic E-state index is 14.6. The van der Waals surface area contributed by atoms with E-state index in [-0.39, 0.29) is 43.8 Å². The topological polar surface area (TPSA) is 176 Å². The van der Waals surface area contributed by atoms with E-state index in [1.54, 1.807) is 18.0 Å². The van der Waals surface area contributed by atoms with Gasteiger partial charge in [-0.2, -0.15) is 0 Å². The molecule has 16 nitrogen and oxygen atoms in total. The predicted octanol–water partition coefficient (Wildman–Crippen LogP) is 5.31. The summed E-state index contributed by atoms with van der Waals surface area (Å²) in [5.74, 6) is -2.31. The molecule has 4 saturated heterocycles. The zero-order chi connectivity index (χ0) is 44.5. The average molecular weight is 863 g/mol. The lowest BCUT2D eigenvalue weighted by atomic mass is 9.72. The van der Waals surface area contributed by atoms with Gasteiger partial charge in [-0.15, -0.1) is 0 Å². The smallest absolute Gasteiger partial charge is 0.410 e. The molecule has 0 radical (unpaired) electrons. The van der Waals surface area contributed by atoms with E-state index >= 15 is 0 Å². The number of nitrogens with zero attached hydrogens (tertiary/aromatic N) is 6. The van der Waals surface area contributed by atoms with Gasteiger partial charge < -0.3 is 43.3 Å². The normalized spacial score (nSPS) is 38.9. The Hall–Kier alpha value is -4.06. The monoisotopic (exact) mass is 862 g/mol. The first-order valence-corrected chi connectivity index (χ1v) is 22.2. The van der Waals surface area contributed by atoms with E-state index < -0.39 is 71.8 Å².